The first kappa shape index (κ1) is 16.5. The maximum atomic E-state index is 6.11. The van der Waals surface area contributed by atoms with Crippen molar-refractivity contribution in [3.8, 4) is 5.75 Å². The van der Waals surface area contributed by atoms with Crippen molar-refractivity contribution in [2.75, 3.05) is 19.4 Å². The molecule has 2 aromatic rings. The van der Waals surface area contributed by atoms with Crippen molar-refractivity contribution in [1.29, 1.82) is 0 Å². The average Bonchev–Trinajstić information content (AvgIpc) is 2.49. The van der Waals surface area contributed by atoms with E-state index in [-0.39, 0.29) is 0 Å². The first-order valence-electron chi connectivity index (χ1n) is 6.63. The highest BCUT2D eigenvalue weighted by atomic mass is 35.5. The van der Waals surface area contributed by atoms with Crippen LogP contribution in [0.4, 0.5) is 0 Å². The molecule has 0 saturated heterocycles. The number of nitrogens with one attached hydrogen (secondary N) is 1. The maximum absolute atomic E-state index is 6.11. The van der Waals surface area contributed by atoms with Crippen LogP contribution in [0.25, 0.3) is 0 Å². The molecular formula is C16H17Cl2NOS. The van der Waals surface area contributed by atoms with E-state index in [1.807, 2.05) is 31.3 Å². The third-order valence-corrected chi connectivity index (χ3v) is 4.50. The highest BCUT2D eigenvalue weighted by Gasteiger charge is 2.02. The summed E-state index contributed by atoms with van der Waals surface area (Å²) in [5, 5.41) is 4.54. The fourth-order valence-corrected chi connectivity index (χ4v) is 3.13. The lowest BCUT2D eigenvalue weighted by molar-refractivity contribution is 0.344. The smallest absolute Gasteiger partial charge is 0.119 e. The third kappa shape index (κ3) is 5.44. The van der Waals surface area contributed by atoms with Crippen molar-refractivity contribution in [3.63, 3.8) is 0 Å². The van der Waals surface area contributed by atoms with E-state index in [2.05, 4.69) is 17.4 Å². The van der Waals surface area contributed by atoms with Gasteiger partial charge in [0.25, 0.3) is 0 Å². The summed E-state index contributed by atoms with van der Waals surface area (Å²) < 4.78 is 5.71. The molecule has 0 bridgehead atoms. The number of hydrogen-bond donors (Lipinski definition) is 1. The summed E-state index contributed by atoms with van der Waals surface area (Å²) in [6, 6.07) is 13.6. The number of halogens is 2. The fourth-order valence-electron chi connectivity index (χ4n) is 1.81. The standard InChI is InChI=1S/C16H17Cl2NOS/c1-19-11-12-2-5-14(6-3-12)20-8-9-21-16-10-13(17)4-7-15(16)18/h2-7,10,19H,8-9,11H2,1H3. The Labute approximate surface area is 139 Å². The Hall–Kier alpha value is -0.870. The highest BCUT2D eigenvalue weighted by molar-refractivity contribution is 7.99. The molecule has 0 radical (unpaired) electrons. The van der Waals surface area contributed by atoms with Crippen LogP contribution in [0.5, 0.6) is 5.75 Å². The summed E-state index contributed by atoms with van der Waals surface area (Å²) in [6.45, 7) is 1.49. The van der Waals surface area contributed by atoms with Crippen molar-refractivity contribution in [1.82, 2.24) is 5.32 Å². The van der Waals surface area contributed by atoms with Crippen molar-refractivity contribution in [2.45, 2.75) is 11.4 Å². The first-order chi connectivity index (χ1) is 10.2. The molecule has 0 amide bonds. The minimum Gasteiger partial charge on any atom is -0.493 e. The van der Waals surface area contributed by atoms with Gasteiger partial charge in [0.1, 0.15) is 5.75 Å². The molecule has 0 aliphatic heterocycles. The van der Waals surface area contributed by atoms with E-state index < -0.39 is 0 Å². The number of benzene rings is 2. The van der Waals surface area contributed by atoms with Gasteiger partial charge in [-0.25, -0.2) is 0 Å². The monoisotopic (exact) mass is 341 g/mol. The van der Waals surface area contributed by atoms with Gasteiger partial charge in [0.2, 0.25) is 0 Å². The number of thioether (sulfide) groups is 1. The lowest BCUT2D eigenvalue weighted by Gasteiger charge is -2.08. The molecule has 21 heavy (non-hydrogen) atoms. The van der Waals surface area contributed by atoms with Gasteiger partial charge >= 0.3 is 0 Å². The Morgan fingerprint density at radius 2 is 1.86 bits per heavy atom. The van der Waals surface area contributed by atoms with Crippen molar-refractivity contribution in [2.24, 2.45) is 0 Å². The van der Waals surface area contributed by atoms with E-state index in [9.17, 15) is 0 Å². The quantitative estimate of drug-likeness (QED) is 0.572. The van der Waals surface area contributed by atoms with Gasteiger partial charge in [-0.2, -0.15) is 0 Å². The molecule has 1 N–H and O–H groups in total. The second kappa shape index (κ2) is 8.54. The summed E-state index contributed by atoms with van der Waals surface area (Å²) >= 11 is 13.7. The lowest BCUT2D eigenvalue weighted by Crippen LogP contribution is -2.05. The Kier molecular flexibility index (Phi) is 6.71. The fraction of sp³-hybridized carbons (Fsp3) is 0.250. The molecule has 2 rings (SSSR count). The van der Waals surface area contributed by atoms with E-state index in [1.165, 1.54) is 5.56 Å². The predicted molar refractivity (Wildman–Crippen MR) is 91.9 cm³/mol. The van der Waals surface area contributed by atoms with Crippen LogP contribution in [0.3, 0.4) is 0 Å². The summed E-state index contributed by atoms with van der Waals surface area (Å²) in [5.41, 5.74) is 1.24. The van der Waals surface area contributed by atoms with Gasteiger partial charge in [-0.3, -0.25) is 0 Å². The predicted octanol–water partition coefficient (Wildman–Crippen LogP) is 4.88. The van der Waals surface area contributed by atoms with Crippen LogP contribution in [0, 0.1) is 0 Å². The molecule has 5 heteroatoms. The van der Waals surface area contributed by atoms with Crippen LogP contribution in [0.15, 0.2) is 47.4 Å². The maximum Gasteiger partial charge on any atom is 0.119 e. The molecule has 0 unspecified atom stereocenters. The molecule has 0 spiro atoms. The largest absolute Gasteiger partial charge is 0.493 e. The van der Waals surface area contributed by atoms with Crippen molar-refractivity contribution in [3.05, 3.63) is 58.1 Å². The van der Waals surface area contributed by atoms with Gasteiger partial charge in [0, 0.05) is 22.2 Å². The van der Waals surface area contributed by atoms with Gasteiger partial charge in [-0.15, -0.1) is 11.8 Å². The van der Waals surface area contributed by atoms with Gasteiger partial charge in [-0.05, 0) is 42.9 Å². The molecule has 0 fully saturated rings. The Morgan fingerprint density at radius 1 is 1.10 bits per heavy atom. The topological polar surface area (TPSA) is 21.3 Å². The minimum atomic E-state index is 0.624. The Balaban J connectivity index is 1.77. The van der Waals surface area contributed by atoms with Gasteiger partial charge in [0.05, 0.1) is 11.6 Å². The Bertz CT molecular complexity index is 575. The van der Waals surface area contributed by atoms with Gasteiger partial charge in [0.15, 0.2) is 0 Å². The van der Waals surface area contributed by atoms with Crippen LogP contribution in [0.1, 0.15) is 5.56 Å². The third-order valence-electron chi connectivity index (χ3n) is 2.81. The first-order valence-corrected chi connectivity index (χ1v) is 8.37. The summed E-state index contributed by atoms with van der Waals surface area (Å²) in [5.74, 6) is 1.70. The highest BCUT2D eigenvalue weighted by Crippen LogP contribution is 2.29. The molecule has 112 valence electrons. The molecule has 0 aliphatic carbocycles. The van der Waals surface area contributed by atoms with Crippen LogP contribution < -0.4 is 10.1 Å². The minimum absolute atomic E-state index is 0.624. The van der Waals surface area contributed by atoms with Crippen LogP contribution in [0.2, 0.25) is 10.0 Å². The summed E-state index contributed by atoms with van der Waals surface area (Å²) in [4.78, 5) is 0.983. The number of rotatable bonds is 7. The van der Waals surface area contributed by atoms with E-state index in [4.69, 9.17) is 27.9 Å². The average molecular weight is 342 g/mol. The van der Waals surface area contributed by atoms with Crippen molar-refractivity contribution >= 4 is 35.0 Å². The van der Waals surface area contributed by atoms with Crippen LogP contribution in [-0.4, -0.2) is 19.4 Å². The van der Waals surface area contributed by atoms with E-state index in [1.54, 1.807) is 17.8 Å². The molecule has 0 heterocycles. The van der Waals surface area contributed by atoms with Crippen molar-refractivity contribution < 1.29 is 4.74 Å². The van der Waals surface area contributed by atoms with E-state index >= 15 is 0 Å². The zero-order valence-corrected chi connectivity index (χ0v) is 14.1. The molecule has 0 saturated carbocycles. The number of hydrogen-bond acceptors (Lipinski definition) is 3. The summed E-state index contributed by atoms with van der Waals surface area (Å²) in [6.07, 6.45) is 0. The number of ether oxygens (including phenoxy) is 1. The zero-order chi connectivity index (χ0) is 15.1. The van der Waals surface area contributed by atoms with Crippen LogP contribution in [-0.2, 0) is 6.54 Å². The van der Waals surface area contributed by atoms with E-state index in [0.717, 1.165) is 28.0 Å². The molecular weight excluding hydrogens is 325 g/mol. The SMILES string of the molecule is CNCc1ccc(OCCSc2cc(Cl)ccc2Cl)cc1. The van der Waals surface area contributed by atoms with Gasteiger partial charge in [-0.1, -0.05) is 35.3 Å². The van der Waals surface area contributed by atoms with Gasteiger partial charge < -0.3 is 10.1 Å². The zero-order valence-electron chi connectivity index (χ0n) is 11.7. The molecule has 0 aromatic heterocycles. The van der Waals surface area contributed by atoms with E-state index in [0.29, 0.717) is 11.6 Å². The molecule has 0 atom stereocenters. The Morgan fingerprint density at radius 3 is 2.57 bits per heavy atom. The van der Waals surface area contributed by atoms with Crippen LogP contribution >= 0.6 is 35.0 Å². The summed E-state index contributed by atoms with van der Waals surface area (Å²) in [7, 11) is 1.93. The second-order valence-corrected chi connectivity index (χ2v) is 6.43. The molecule has 2 aromatic carbocycles. The lowest BCUT2D eigenvalue weighted by atomic mass is 10.2. The molecule has 2 nitrogen and oxygen atoms in total. The molecule has 0 aliphatic rings. The normalized spacial score (nSPS) is 10.6. The second-order valence-electron chi connectivity index (χ2n) is 4.45.